The Balaban J connectivity index is 2.79. The Hall–Kier alpha value is -1.32. The van der Waals surface area contributed by atoms with Crippen LogP contribution in [0.1, 0.15) is 30.0 Å². The Bertz CT molecular complexity index is 267. The number of aromatic nitrogens is 1. The molecule has 0 fully saturated rings. The van der Waals surface area contributed by atoms with Gasteiger partial charge in [0.05, 0.1) is 12.8 Å². The van der Waals surface area contributed by atoms with Crippen molar-refractivity contribution in [1.82, 2.24) is 5.16 Å². The Kier molecular flexibility index (Phi) is 2.85. The summed E-state index contributed by atoms with van der Waals surface area (Å²) in [5, 5.41) is 3.52. The van der Waals surface area contributed by atoms with Crippen molar-refractivity contribution in [3.05, 3.63) is 17.5 Å². The molecule has 0 aliphatic rings. The molecule has 0 spiro atoms. The average Bonchev–Trinajstić information content (AvgIpc) is 2.51. The van der Waals surface area contributed by atoms with Gasteiger partial charge in [0.1, 0.15) is 5.56 Å². The zero-order valence-electron chi connectivity index (χ0n) is 7.16. The van der Waals surface area contributed by atoms with Crippen molar-refractivity contribution in [3.63, 3.8) is 0 Å². The number of hydrogen-bond donors (Lipinski definition) is 0. The number of rotatable bonds is 3. The molecule has 0 saturated carbocycles. The number of ether oxygens (including phenoxy) is 1. The third-order valence-corrected chi connectivity index (χ3v) is 1.46. The molecule has 0 N–H and O–H groups in total. The van der Waals surface area contributed by atoms with Gasteiger partial charge >= 0.3 is 5.97 Å². The van der Waals surface area contributed by atoms with Crippen molar-refractivity contribution in [2.75, 3.05) is 6.61 Å². The maximum absolute atomic E-state index is 11.2. The first-order valence-corrected chi connectivity index (χ1v) is 3.90. The molecule has 0 aliphatic carbocycles. The monoisotopic (exact) mass is 169 g/mol. The number of nitrogens with zero attached hydrogens (tertiary/aromatic N) is 1. The standard InChI is InChI=1S/C8H11NO3/c1-3-7-6(5-9-12-7)8(10)11-4-2/h5H,3-4H2,1-2H3. The summed E-state index contributed by atoms with van der Waals surface area (Å²) in [5.41, 5.74) is 0.430. The van der Waals surface area contributed by atoms with Gasteiger partial charge in [-0.15, -0.1) is 0 Å². The maximum atomic E-state index is 11.2. The second-order valence-corrected chi connectivity index (χ2v) is 2.24. The van der Waals surface area contributed by atoms with Crippen molar-refractivity contribution in [3.8, 4) is 0 Å². The van der Waals surface area contributed by atoms with E-state index >= 15 is 0 Å². The molecule has 4 nitrogen and oxygen atoms in total. The largest absolute Gasteiger partial charge is 0.462 e. The lowest BCUT2D eigenvalue weighted by Crippen LogP contribution is -2.05. The minimum atomic E-state index is -0.365. The molecular weight excluding hydrogens is 158 g/mol. The molecule has 0 bridgehead atoms. The van der Waals surface area contributed by atoms with E-state index in [1.54, 1.807) is 6.92 Å². The second kappa shape index (κ2) is 3.90. The smallest absolute Gasteiger partial charge is 0.343 e. The fourth-order valence-corrected chi connectivity index (χ4v) is 0.894. The molecule has 1 rings (SSSR count). The number of hydrogen-bond acceptors (Lipinski definition) is 4. The fraction of sp³-hybridized carbons (Fsp3) is 0.500. The molecule has 0 radical (unpaired) electrons. The van der Waals surface area contributed by atoms with E-state index in [9.17, 15) is 4.79 Å². The number of aryl methyl sites for hydroxylation is 1. The van der Waals surface area contributed by atoms with Crippen LogP contribution < -0.4 is 0 Å². The summed E-state index contributed by atoms with van der Waals surface area (Å²) in [4.78, 5) is 11.2. The first-order valence-electron chi connectivity index (χ1n) is 3.90. The molecule has 0 aliphatic heterocycles. The van der Waals surface area contributed by atoms with Crippen LogP contribution >= 0.6 is 0 Å². The lowest BCUT2D eigenvalue weighted by atomic mass is 10.2. The third kappa shape index (κ3) is 1.64. The summed E-state index contributed by atoms with van der Waals surface area (Å²) in [5.74, 6) is 0.212. The average molecular weight is 169 g/mol. The van der Waals surface area contributed by atoms with Gasteiger partial charge in [0.2, 0.25) is 0 Å². The van der Waals surface area contributed by atoms with Crippen LogP contribution in [0, 0.1) is 0 Å². The van der Waals surface area contributed by atoms with Crippen LogP contribution in [0.5, 0.6) is 0 Å². The van der Waals surface area contributed by atoms with E-state index in [1.807, 2.05) is 6.92 Å². The van der Waals surface area contributed by atoms with Crippen LogP contribution in [-0.2, 0) is 11.2 Å². The van der Waals surface area contributed by atoms with Gasteiger partial charge in [-0.3, -0.25) is 0 Å². The SMILES string of the molecule is CCOC(=O)c1cnoc1CC. The van der Waals surface area contributed by atoms with E-state index in [-0.39, 0.29) is 5.97 Å². The maximum Gasteiger partial charge on any atom is 0.343 e. The van der Waals surface area contributed by atoms with Crippen molar-refractivity contribution in [2.24, 2.45) is 0 Å². The second-order valence-electron chi connectivity index (χ2n) is 2.24. The predicted molar refractivity (Wildman–Crippen MR) is 41.8 cm³/mol. The van der Waals surface area contributed by atoms with E-state index in [0.717, 1.165) is 0 Å². The molecule has 4 heteroatoms. The zero-order chi connectivity index (χ0) is 8.97. The topological polar surface area (TPSA) is 52.3 Å². The normalized spacial score (nSPS) is 9.83. The quantitative estimate of drug-likeness (QED) is 0.642. The molecule has 0 atom stereocenters. The van der Waals surface area contributed by atoms with Crippen LogP contribution in [0.25, 0.3) is 0 Å². The number of esters is 1. The lowest BCUT2D eigenvalue weighted by molar-refractivity contribution is 0.0524. The molecule has 12 heavy (non-hydrogen) atoms. The van der Waals surface area contributed by atoms with E-state index in [1.165, 1.54) is 6.20 Å². The summed E-state index contributed by atoms with van der Waals surface area (Å²) in [6.07, 6.45) is 2.03. The van der Waals surface area contributed by atoms with Gasteiger partial charge in [-0.05, 0) is 6.92 Å². The molecule has 1 aromatic heterocycles. The zero-order valence-corrected chi connectivity index (χ0v) is 7.16. The number of carbonyl (C=O) groups excluding carboxylic acids is 1. The lowest BCUT2D eigenvalue weighted by Gasteiger charge is -1.98. The van der Waals surface area contributed by atoms with Gasteiger partial charge in [0, 0.05) is 6.42 Å². The Labute approximate surface area is 70.5 Å². The minimum absolute atomic E-state index is 0.365. The van der Waals surface area contributed by atoms with Gasteiger partial charge in [0.25, 0.3) is 0 Å². The van der Waals surface area contributed by atoms with Crippen molar-refractivity contribution < 1.29 is 14.1 Å². The first kappa shape index (κ1) is 8.77. The van der Waals surface area contributed by atoms with Crippen molar-refractivity contribution in [1.29, 1.82) is 0 Å². The third-order valence-electron chi connectivity index (χ3n) is 1.46. The van der Waals surface area contributed by atoms with Gasteiger partial charge in [0.15, 0.2) is 5.76 Å². The predicted octanol–water partition coefficient (Wildman–Crippen LogP) is 1.41. The summed E-state index contributed by atoms with van der Waals surface area (Å²) in [6, 6.07) is 0. The van der Waals surface area contributed by atoms with E-state index in [4.69, 9.17) is 9.26 Å². The highest BCUT2D eigenvalue weighted by atomic mass is 16.5. The molecule has 0 aromatic carbocycles. The van der Waals surface area contributed by atoms with Crippen LogP contribution in [0.15, 0.2) is 10.7 Å². The molecule has 0 amide bonds. The van der Waals surface area contributed by atoms with Gasteiger partial charge in [-0.2, -0.15) is 0 Å². The van der Waals surface area contributed by atoms with E-state index < -0.39 is 0 Å². The molecule has 1 aromatic rings. The molecule has 0 saturated heterocycles. The van der Waals surface area contributed by atoms with Crippen LogP contribution in [0.3, 0.4) is 0 Å². The summed E-state index contributed by atoms with van der Waals surface area (Å²) in [7, 11) is 0. The molecule has 1 heterocycles. The summed E-state index contributed by atoms with van der Waals surface area (Å²) < 4.78 is 9.62. The van der Waals surface area contributed by atoms with E-state index in [0.29, 0.717) is 24.4 Å². The Morgan fingerprint density at radius 3 is 3.00 bits per heavy atom. The van der Waals surface area contributed by atoms with E-state index in [2.05, 4.69) is 5.16 Å². The van der Waals surface area contributed by atoms with Crippen molar-refractivity contribution >= 4 is 5.97 Å². The summed E-state index contributed by atoms with van der Waals surface area (Å²) in [6.45, 7) is 4.02. The van der Waals surface area contributed by atoms with Crippen molar-refractivity contribution in [2.45, 2.75) is 20.3 Å². The first-order chi connectivity index (χ1) is 5.79. The highest BCUT2D eigenvalue weighted by molar-refractivity contribution is 5.90. The Morgan fingerprint density at radius 2 is 2.42 bits per heavy atom. The highest BCUT2D eigenvalue weighted by Crippen LogP contribution is 2.09. The molecule has 66 valence electrons. The minimum Gasteiger partial charge on any atom is -0.462 e. The highest BCUT2D eigenvalue weighted by Gasteiger charge is 2.14. The van der Waals surface area contributed by atoms with Crippen LogP contribution in [0.2, 0.25) is 0 Å². The van der Waals surface area contributed by atoms with Gasteiger partial charge in [-0.1, -0.05) is 12.1 Å². The van der Waals surface area contributed by atoms with Crippen LogP contribution in [-0.4, -0.2) is 17.7 Å². The van der Waals surface area contributed by atoms with Gasteiger partial charge in [-0.25, -0.2) is 4.79 Å². The summed E-state index contributed by atoms with van der Waals surface area (Å²) >= 11 is 0. The molecule has 0 unspecified atom stereocenters. The fourth-order valence-electron chi connectivity index (χ4n) is 0.894. The number of carbonyl (C=O) groups is 1. The van der Waals surface area contributed by atoms with Crippen LogP contribution in [0.4, 0.5) is 0 Å². The molecular formula is C8H11NO3. The van der Waals surface area contributed by atoms with Gasteiger partial charge < -0.3 is 9.26 Å². The Morgan fingerprint density at radius 1 is 1.67 bits per heavy atom.